The quantitative estimate of drug-likeness (QED) is 0.133. The van der Waals surface area contributed by atoms with Gasteiger partial charge in [-0.1, -0.05) is 107 Å². The smallest absolute Gasteiger partial charge is 0.289 e. The van der Waals surface area contributed by atoms with E-state index in [1.807, 2.05) is 48.5 Å². The van der Waals surface area contributed by atoms with E-state index in [4.69, 9.17) is 0 Å². The number of nitrogens with one attached hydrogen (secondary N) is 4. The summed E-state index contributed by atoms with van der Waals surface area (Å²) in [5, 5.41) is 10.6. The van der Waals surface area contributed by atoms with Gasteiger partial charge in [0, 0.05) is 25.5 Å². The SMILES string of the molecule is C=CCNC(=O)C(=O)C(CCCC)NC(=O)C1CCCN1C(=O)CNC(=O)C(NC(=O)c1cnccn1)C1CCCCC1.CC.CC.CC.CC(C)C. The highest BCUT2D eigenvalue weighted by Gasteiger charge is 2.37. The second-order valence-corrected chi connectivity index (χ2v) is 12.7. The first-order valence-corrected chi connectivity index (χ1v) is 19.9. The van der Waals surface area contributed by atoms with Crippen LogP contribution in [0.2, 0.25) is 0 Å². The Balaban J connectivity index is 0. The molecule has 1 saturated carbocycles. The molecule has 4 N–H and O–H groups in total. The molecule has 302 valence electrons. The van der Waals surface area contributed by atoms with Crippen LogP contribution >= 0.6 is 0 Å². The summed E-state index contributed by atoms with van der Waals surface area (Å²) in [5.41, 5.74) is 0.0898. The minimum Gasteiger partial charge on any atom is -0.346 e. The summed E-state index contributed by atoms with van der Waals surface area (Å²) in [6.07, 6.45) is 12.7. The number of amides is 5. The number of unbranched alkanes of at least 4 members (excludes halogenated alkanes) is 1. The molecule has 1 aliphatic carbocycles. The molecule has 0 aromatic carbocycles. The zero-order valence-electron chi connectivity index (χ0n) is 34.4. The van der Waals surface area contributed by atoms with E-state index in [1.165, 1.54) is 29.6 Å². The van der Waals surface area contributed by atoms with E-state index in [0.717, 1.165) is 44.4 Å². The van der Waals surface area contributed by atoms with Gasteiger partial charge in [0.05, 0.1) is 18.8 Å². The number of nitrogens with zero attached hydrogens (tertiary/aromatic N) is 3. The van der Waals surface area contributed by atoms with E-state index in [2.05, 4.69) is 58.6 Å². The summed E-state index contributed by atoms with van der Waals surface area (Å²) < 4.78 is 0. The Bertz CT molecular complexity index is 1200. The van der Waals surface area contributed by atoms with Gasteiger partial charge in [0.2, 0.25) is 23.5 Å². The normalized spacial score (nSPS) is 15.8. The van der Waals surface area contributed by atoms with Crippen LogP contribution in [0.1, 0.15) is 144 Å². The van der Waals surface area contributed by atoms with E-state index in [9.17, 15) is 28.8 Å². The van der Waals surface area contributed by atoms with Crippen LogP contribution in [-0.4, -0.2) is 87.9 Å². The molecule has 5 amide bonds. The fourth-order valence-electron chi connectivity index (χ4n) is 5.56. The number of hydrogen-bond acceptors (Lipinski definition) is 8. The Labute approximate surface area is 319 Å². The molecular weight excluding hydrogens is 674 g/mol. The summed E-state index contributed by atoms with van der Waals surface area (Å²) in [6, 6.07) is -2.69. The Kier molecular flexibility index (Phi) is 30.2. The van der Waals surface area contributed by atoms with Gasteiger partial charge in [-0.25, -0.2) is 4.98 Å². The van der Waals surface area contributed by atoms with Crippen LogP contribution in [0, 0.1) is 11.8 Å². The molecule has 3 rings (SSSR count). The molecular formula is C40H71N7O6. The van der Waals surface area contributed by atoms with E-state index in [0.29, 0.717) is 32.2 Å². The number of carbonyl (C=O) groups excluding carboxylic acids is 6. The Morgan fingerprint density at radius 3 is 2.06 bits per heavy atom. The molecule has 1 aliphatic heterocycles. The fourth-order valence-corrected chi connectivity index (χ4v) is 5.56. The van der Waals surface area contributed by atoms with E-state index in [1.54, 1.807) is 0 Å². The molecule has 3 unspecified atom stereocenters. The van der Waals surface area contributed by atoms with Gasteiger partial charge in [0.25, 0.3) is 11.8 Å². The third-order valence-corrected chi connectivity index (χ3v) is 7.89. The van der Waals surface area contributed by atoms with Crippen LogP contribution in [0.15, 0.2) is 31.2 Å². The first-order valence-electron chi connectivity index (χ1n) is 19.9. The van der Waals surface area contributed by atoms with Gasteiger partial charge in [-0.15, -0.1) is 6.58 Å². The number of likely N-dealkylation sites (tertiary alicyclic amines) is 1. The average molecular weight is 746 g/mol. The van der Waals surface area contributed by atoms with Crippen molar-refractivity contribution in [3.05, 3.63) is 36.9 Å². The van der Waals surface area contributed by atoms with Crippen molar-refractivity contribution in [2.45, 2.75) is 152 Å². The Morgan fingerprint density at radius 1 is 0.887 bits per heavy atom. The third-order valence-electron chi connectivity index (χ3n) is 7.89. The van der Waals surface area contributed by atoms with Crippen molar-refractivity contribution in [1.29, 1.82) is 0 Å². The van der Waals surface area contributed by atoms with Gasteiger partial charge in [-0.05, 0) is 43.9 Å². The highest BCUT2D eigenvalue weighted by atomic mass is 16.2. The molecule has 1 aromatic heterocycles. The van der Waals surface area contributed by atoms with E-state index in [-0.39, 0.29) is 24.7 Å². The molecule has 0 bridgehead atoms. The number of hydrogen-bond donors (Lipinski definition) is 4. The number of aromatic nitrogens is 2. The first kappa shape index (κ1) is 50.9. The van der Waals surface area contributed by atoms with Gasteiger partial charge in [-0.3, -0.25) is 33.8 Å². The third kappa shape index (κ3) is 20.0. The molecule has 3 atom stereocenters. The number of ketones is 1. The minimum atomic E-state index is -1.01. The Morgan fingerprint density at radius 2 is 1.51 bits per heavy atom. The van der Waals surface area contributed by atoms with Gasteiger partial charge < -0.3 is 26.2 Å². The molecule has 1 saturated heterocycles. The fraction of sp³-hybridized carbons (Fsp3) is 0.700. The van der Waals surface area contributed by atoms with Gasteiger partial charge in [0.15, 0.2) is 0 Å². The van der Waals surface area contributed by atoms with Crippen molar-refractivity contribution in [3.63, 3.8) is 0 Å². The summed E-state index contributed by atoms with van der Waals surface area (Å²) in [5.74, 6) is -2.77. The second kappa shape index (κ2) is 31.4. The van der Waals surface area contributed by atoms with Crippen LogP contribution in [0.4, 0.5) is 0 Å². The van der Waals surface area contributed by atoms with Crippen LogP contribution in [-0.2, 0) is 24.0 Å². The van der Waals surface area contributed by atoms with Crippen LogP contribution in [0.3, 0.4) is 0 Å². The number of Topliss-reactive ketones (excluding diaryl/α,β-unsaturated/α-hetero) is 1. The van der Waals surface area contributed by atoms with Gasteiger partial charge in [0.1, 0.15) is 17.8 Å². The summed E-state index contributed by atoms with van der Waals surface area (Å²) in [4.78, 5) is 86.8. The minimum absolute atomic E-state index is 0.0870. The lowest BCUT2D eigenvalue weighted by Gasteiger charge is -2.30. The molecule has 2 aliphatic rings. The molecule has 13 heteroatoms. The number of carbonyl (C=O) groups is 6. The van der Waals surface area contributed by atoms with Crippen molar-refractivity contribution in [2.24, 2.45) is 11.8 Å². The van der Waals surface area contributed by atoms with Crippen molar-refractivity contribution in [3.8, 4) is 0 Å². The zero-order chi connectivity index (χ0) is 40.8. The molecule has 53 heavy (non-hydrogen) atoms. The van der Waals surface area contributed by atoms with Crippen LogP contribution < -0.4 is 21.3 Å². The molecule has 2 heterocycles. The summed E-state index contributed by atoms with van der Waals surface area (Å²) >= 11 is 0. The first-order chi connectivity index (χ1) is 25.5. The highest BCUT2D eigenvalue weighted by Crippen LogP contribution is 2.27. The molecule has 2 fully saturated rings. The molecule has 0 spiro atoms. The van der Waals surface area contributed by atoms with E-state index < -0.39 is 53.4 Å². The maximum absolute atomic E-state index is 13.3. The van der Waals surface area contributed by atoms with Crippen LogP contribution in [0.25, 0.3) is 0 Å². The Hall–Kier alpha value is -4.16. The molecule has 13 nitrogen and oxygen atoms in total. The monoisotopic (exact) mass is 746 g/mol. The molecule has 1 aromatic rings. The van der Waals surface area contributed by atoms with Gasteiger partial charge >= 0.3 is 0 Å². The van der Waals surface area contributed by atoms with Crippen molar-refractivity contribution >= 4 is 35.3 Å². The van der Waals surface area contributed by atoms with Gasteiger partial charge in [-0.2, -0.15) is 0 Å². The van der Waals surface area contributed by atoms with E-state index >= 15 is 0 Å². The highest BCUT2D eigenvalue weighted by molar-refractivity contribution is 6.38. The summed E-state index contributed by atoms with van der Waals surface area (Å²) in [7, 11) is 0. The van der Waals surface area contributed by atoms with Crippen molar-refractivity contribution < 1.29 is 28.8 Å². The predicted molar refractivity (Wildman–Crippen MR) is 212 cm³/mol. The standard InChI is InChI=1S/C30H43N7O6.C4H10.3C2H6/c1-3-5-12-21(26(39)30(43)33-14-4-2)35-28(41)23-13-9-17-37(23)24(38)19-34-29(42)25(20-10-7-6-8-11-20)36-27(40)22-18-31-15-16-32-22;1-4(2)3;3*1-2/h4,15-16,18,20-21,23,25H,2-3,5-14,17,19H2,1H3,(H,33,43)(H,34,42)(H,35,41)(H,36,40);4H,1-3H3;3*1-2H3. The number of rotatable bonds is 15. The lowest BCUT2D eigenvalue weighted by Crippen LogP contribution is -2.55. The lowest BCUT2D eigenvalue weighted by atomic mass is 9.83. The lowest BCUT2D eigenvalue weighted by molar-refractivity contribution is -0.142. The zero-order valence-corrected chi connectivity index (χ0v) is 34.4. The average Bonchev–Trinajstić information content (AvgIpc) is 3.69. The summed E-state index contributed by atoms with van der Waals surface area (Å²) in [6.45, 7) is 24.0. The second-order valence-electron chi connectivity index (χ2n) is 12.7. The van der Waals surface area contributed by atoms with Crippen molar-refractivity contribution in [2.75, 3.05) is 19.6 Å². The maximum Gasteiger partial charge on any atom is 0.289 e. The molecule has 0 radical (unpaired) electrons. The van der Waals surface area contributed by atoms with Crippen molar-refractivity contribution in [1.82, 2.24) is 36.1 Å². The maximum atomic E-state index is 13.3. The van der Waals surface area contributed by atoms with Crippen LogP contribution in [0.5, 0.6) is 0 Å². The largest absolute Gasteiger partial charge is 0.346 e. The predicted octanol–water partition coefficient (Wildman–Crippen LogP) is 5.55. The topological polar surface area (TPSA) is 180 Å².